The minimum Gasteiger partial charge on any atom is -0.479 e. The first-order chi connectivity index (χ1) is 8.42. The second kappa shape index (κ2) is 6.42. The highest BCUT2D eigenvalue weighted by atomic mass is 16.5. The van der Waals surface area contributed by atoms with E-state index in [4.69, 9.17) is 10.00 Å². The van der Waals surface area contributed by atoms with Crippen molar-refractivity contribution in [3.8, 4) is 11.8 Å². The van der Waals surface area contributed by atoms with Gasteiger partial charge in [0.15, 0.2) is 6.61 Å². The van der Waals surface area contributed by atoms with Gasteiger partial charge in [0.1, 0.15) is 11.8 Å². The highest BCUT2D eigenvalue weighted by Crippen LogP contribution is 2.19. The van der Waals surface area contributed by atoms with Gasteiger partial charge >= 0.3 is 0 Å². The van der Waals surface area contributed by atoms with Gasteiger partial charge in [-0.05, 0) is 30.0 Å². The summed E-state index contributed by atoms with van der Waals surface area (Å²) < 4.78 is 5.22. The van der Waals surface area contributed by atoms with Crippen LogP contribution in [0, 0.1) is 16.7 Å². The molecule has 0 fully saturated rings. The van der Waals surface area contributed by atoms with Crippen LogP contribution in [0.2, 0.25) is 0 Å². The molecule has 3 heteroatoms. The van der Waals surface area contributed by atoms with E-state index in [2.05, 4.69) is 33.0 Å². The predicted molar refractivity (Wildman–Crippen MR) is 73.4 cm³/mol. The van der Waals surface area contributed by atoms with Gasteiger partial charge < -0.3 is 10.1 Å². The first-order valence-electron chi connectivity index (χ1n) is 6.25. The first kappa shape index (κ1) is 14.5. The van der Waals surface area contributed by atoms with E-state index in [0.29, 0.717) is 6.04 Å². The Hall–Kier alpha value is -1.53. The van der Waals surface area contributed by atoms with Gasteiger partial charge in [-0.15, -0.1) is 0 Å². The number of hydrogen-bond donors (Lipinski definition) is 1. The second-order valence-electron chi connectivity index (χ2n) is 5.68. The second-order valence-corrected chi connectivity index (χ2v) is 5.68. The molecule has 18 heavy (non-hydrogen) atoms. The van der Waals surface area contributed by atoms with Crippen molar-refractivity contribution in [1.29, 1.82) is 5.26 Å². The number of rotatable bonds is 5. The number of hydrogen-bond acceptors (Lipinski definition) is 3. The van der Waals surface area contributed by atoms with E-state index in [0.717, 1.165) is 12.3 Å². The van der Waals surface area contributed by atoms with Crippen molar-refractivity contribution in [2.45, 2.75) is 33.7 Å². The zero-order valence-corrected chi connectivity index (χ0v) is 11.7. The first-order valence-corrected chi connectivity index (χ1v) is 6.25. The van der Waals surface area contributed by atoms with E-state index >= 15 is 0 Å². The number of ether oxygens (including phenoxy) is 1. The van der Waals surface area contributed by atoms with Crippen molar-refractivity contribution in [2.24, 2.45) is 5.41 Å². The summed E-state index contributed by atoms with van der Waals surface area (Å²) in [6.07, 6.45) is 0. The number of nitrogens with one attached hydrogen (secondary N) is 1. The molecule has 1 rings (SSSR count). The molecular weight excluding hydrogens is 224 g/mol. The maximum Gasteiger partial charge on any atom is 0.174 e. The summed E-state index contributed by atoms with van der Waals surface area (Å²) in [6, 6.07) is 10.1. The summed E-state index contributed by atoms with van der Waals surface area (Å²) in [4.78, 5) is 0. The molecule has 0 saturated carbocycles. The lowest BCUT2D eigenvalue weighted by atomic mass is 9.96. The Balaban J connectivity index is 2.54. The Labute approximate surface area is 110 Å². The maximum absolute atomic E-state index is 8.43. The van der Waals surface area contributed by atoms with Crippen LogP contribution in [-0.2, 0) is 0 Å². The summed E-state index contributed by atoms with van der Waals surface area (Å²) >= 11 is 0. The Morgan fingerprint density at radius 2 is 1.89 bits per heavy atom. The molecular formula is C15H22N2O. The van der Waals surface area contributed by atoms with Gasteiger partial charge in [0.25, 0.3) is 0 Å². The minimum absolute atomic E-state index is 0.0944. The molecule has 0 bridgehead atoms. The molecule has 0 saturated heterocycles. The van der Waals surface area contributed by atoms with Crippen molar-refractivity contribution in [1.82, 2.24) is 5.32 Å². The summed E-state index contributed by atoms with van der Waals surface area (Å²) in [5, 5.41) is 11.9. The van der Waals surface area contributed by atoms with Crippen LogP contribution in [-0.4, -0.2) is 13.2 Å². The fourth-order valence-electron chi connectivity index (χ4n) is 1.55. The topological polar surface area (TPSA) is 45.0 Å². The van der Waals surface area contributed by atoms with Crippen LogP contribution < -0.4 is 10.1 Å². The van der Waals surface area contributed by atoms with Crippen LogP contribution >= 0.6 is 0 Å². The Morgan fingerprint density at radius 1 is 1.28 bits per heavy atom. The van der Waals surface area contributed by atoms with Crippen molar-refractivity contribution in [3.63, 3.8) is 0 Å². The van der Waals surface area contributed by atoms with Gasteiger partial charge in [-0.2, -0.15) is 5.26 Å². The van der Waals surface area contributed by atoms with Gasteiger partial charge in [0.2, 0.25) is 0 Å². The van der Waals surface area contributed by atoms with Crippen molar-refractivity contribution in [2.75, 3.05) is 13.2 Å². The largest absolute Gasteiger partial charge is 0.479 e. The van der Waals surface area contributed by atoms with Crippen LogP contribution in [0.5, 0.6) is 5.75 Å². The standard InChI is InChI=1S/C15H22N2O/c1-12(17-11-15(2,3)4)13-5-7-14(8-6-13)18-10-9-16/h5-8,12,17H,10-11H2,1-4H3. The molecule has 1 N–H and O–H groups in total. The molecule has 0 aliphatic carbocycles. The Morgan fingerprint density at radius 3 is 2.39 bits per heavy atom. The summed E-state index contributed by atoms with van der Waals surface area (Å²) in [6.45, 7) is 9.86. The van der Waals surface area contributed by atoms with Gasteiger partial charge in [0.05, 0.1) is 0 Å². The molecule has 0 spiro atoms. The molecule has 1 unspecified atom stereocenters. The number of nitriles is 1. The van der Waals surface area contributed by atoms with Crippen LogP contribution in [0.3, 0.4) is 0 Å². The van der Waals surface area contributed by atoms with Crippen LogP contribution in [0.1, 0.15) is 39.3 Å². The smallest absolute Gasteiger partial charge is 0.174 e. The van der Waals surface area contributed by atoms with E-state index in [1.165, 1.54) is 5.56 Å². The fraction of sp³-hybridized carbons (Fsp3) is 0.533. The fourth-order valence-corrected chi connectivity index (χ4v) is 1.55. The van der Waals surface area contributed by atoms with Gasteiger partial charge in [-0.25, -0.2) is 0 Å². The summed E-state index contributed by atoms with van der Waals surface area (Å²) in [5.74, 6) is 0.739. The number of benzene rings is 1. The van der Waals surface area contributed by atoms with E-state index < -0.39 is 0 Å². The van der Waals surface area contributed by atoms with E-state index in [1.54, 1.807) is 0 Å². The van der Waals surface area contributed by atoms with Gasteiger partial charge in [-0.3, -0.25) is 0 Å². The number of nitrogens with zero attached hydrogens (tertiary/aromatic N) is 1. The normalized spacial score (nSPS) is 12.8. The highest BCUT2D eigenvalue weighted by Gasteiger charge is 2.12. The quantitative estimate of drug-likeness (QED) is 0.867. The van der Waals surface area contributed by atoms with Crippen LogP contribution in [0.25, 0.3) is 0 Å². The van der Waals surface area contributed by atoms with Crippen molar-refractivity contribution >= 4 is 0 Å². The molecule has 3 nitrogen and oxygen atoms in total. The average Bonchev–Trinajstić information content (AvgIpc) is 2.33. The Bertz CT molecular complexity index is 398. The van der Waals surface area contributed by atoms with Crippen molar-refractivity contribution in [3.05, 3.63) is 29.8 Å². The average molecular weight is 246 g/mol. The van der Waals surface area contributed by atoms with Crippen molar-refractivity contribution < 1.29 is 4.74 Å². The van der Waals surface area contributed by atoms with E-state index in [9.17, 15) is 0 Å². The molecule has 0 amide bonds. The molecule has 0 radical (unpaired) electrons. The molecule has 1 atom stereocenters. The molecule has 0 aromatic heterocycles. The third kappa shape index (κ3) is 5.20. The minimum atomic E-state index is 0.0944. The van der Waals surface area contributed by atoms with Crippen LogP contribution in [0.15, 0.2) is 24.3 Å². The lowest BCUT2D eigenvalue weighted by Gasteiger charge is -2.23. The van der Waals surface area contributed by atoms with Gasteiger partial charge in [0, 0.05) is 12.6 Å². The zero-order valence-electron chi connectivity index (χ0n) is 11.7. The maximum atomic E-state index is 8.43. The predicted octanol–water partition coefficient (Wildman–Crippen LogP) is 3.29. The lowest BCUT2D eigenvalue weighted by molar-refractivity contribution is 0.358. The summed E-state index contributed by atoms with van der Waals surface area (Å²) in [7, 11) is 0. The molecule has 98 valence electrons. The highest BCUT2D eigenvalue weighted by molar-refractivity contribution is 5.29. The van der Waals surface area contributed by atoms with E-state index in [-0.39, 0.29) is 12.0 Å². The molecule has 0 heterocycles. The summed E-state index contributed by atoms with van der Waals surface area (Å²) in [5.41, 5.74) is 1.51. The molecule has 1 aromatic carbocycles. The molecule has 1 aromatic rings. The van der Waals surface area contributed by atoms with Gasteiger partial charge in [-0.1, -0.05) is 32.9 Å². The molecule has 0 aliphatic heterocycles. The van der Waals surface area contributed by atoms with E-state index in [1.807, 2.05) is 30.3 Å². The monoisotopic (exact) mass is 246 g/mol. The Kier molecular flexibility index (Phi) is 5.18. The SMILES string of the molecule is CC(NCC(C)(C)C)c1ccc(OCC#N)cc1. The third-order valence-electron chi connectivity index (χ3n) is 2.62. The third-order valence-corrected chi connectivity index (χ3v) is 2.62. The molecule has 0 aliphatic rings. The zero-order chi connectivity index (χ0) is 13.6. The van der Waals surface area contributed by atoms with Crippen LogP contribution in [0.4, 0.5) is 0 Å². The lowest BCUT2D eigenvalue weighted by Crippen LogP contribution is -2.29.